The Morgan fingerprint density at radius 1 is 1.19 bits per heavy atom. The van der Waals surface area contributed by atoms with E-state index >= 15 is 0 Å². The summed E-state index contributed by atoms with van der Waals surface area (Å²) in [5.41, 5.74) is 2.65. The normalized spacial score (nSPS) is 10.7. The van der Waals surface area contributed by atoms with Gasteiger partial charge in [-0.3, -0.25) is 4.79 Å². The zero-order valence-electron chi connectivity index (χ0n) is 11.9. The first-order chi connectivity index (χ1) is 9.95. The van der Waals surface area contributed by atoms with Crippen LogP contribution in [0.25, 0.3) is 0 Å². The van der Waals surface area contributed by atoms with Gasteiger partial charge < -0.3 is 10.2 Å². The van der Waals surface area contributed by atoms with Gasteiger partial charge in [0.25, 0.3) is 5.91 Å². The maximum absolute atomic E-state index is 12.3. The van der Waals surface area contributed by atoms with E-state index in [1.807, 2.05) is 56.6 Å². The van der Waals surface area contributed by atoms with Crippen molar-refractivity contribution in [1.82, 2.24) is 4.90 Å². The Kier molecular flexibility index (Phi) is 5.78. The van der Waals surface area contributed by atoms with E-state index in [9.17, 15) is 4.79 Å². The molecule has 0 bridgehead atoms. The van der Waals surface area contributed by atoms with Crippen molar-refractivity contribution in [2.24, 2.45) is 0 Å². The van der Waals surface area contributed by atoms with E-state index in [1.54, 1.807) is 0 Å². The lowest BCUT2D eigenvalue weighted by molar-refractivity contribution is 0.102. The second-order valence-corrected chi connectivity index (χ2v) is 7.11. The van der Waals surface area contributed by atoms with E-state index in [1.165, 1.54) is 5.56 Å². The molecule has 5 heteroatoms. The van der Waals surface area contributed by atoms with Gasteiger partial charge in [-0.2, -0.15) is 0 Å². The number of halogens is 2. The number of benzene rings is 2. The molecule has 2 aromatic rings. The summed E-state index contributed by atoms with van der Waals surface area (Å²) >= 11 is 5.61. The first-order valence-corrected chi connectivity index (χ1v) is 8.33. The van der Waals surface area contributed by atoms with Gasteiger partial charge in [-0.05, 0) is 88.5 Å². The second kappa shape index (κ2) is 7.38. The molecule has 0 aliphatic heterocycles. The fourth-order valence-electron chi connectivity index (χ4n) is 1.93. The van der Waals surface area contributed by atoms with Crippen LogP contribution < -0.4 is 5.32 Å². The van der Waals surface area contributed by atoms with E-state index in [-0.39, 0.29) is 5.91 Å². The molecule has 0 saturated carbocycles. The maximum Gasteiger partial charge on any atom is 0.256 e. The Morgan fingerprint density at radius 3 is 2.48 bits per heavy atom. The van der Waals surface area contributed by atoms with Crippen molar-refractivity contribution in [3.05, 3.63) is 61.6 Å². The summed E-state index contributed by atoms with van der Waals surface area (Å²) in [4.78, 5) is 14.4. The minimum Gasteiger partial charge on any atom is -0.322 e. The topological polar surface area (TPSA) is 32.3 Å². The zero-order valence-corrected chi connectivity index (χ0v) is 15.6. The summed E-state index contributed by atoms with van der Waals surface area (Å²) < 4.78 is 1.83. The Labute approximate surface area is 147 Å². The maximum atomic E-state index is 12.3. The fourth-order valence-corrected chi connectivity index (χ4v) is 2.85. The minimum atomic E-state index is -0.110. The molecule has 3 nitrogen and oxygen atoms in total. The van der Waals surface area contributed by atoms with Crippen LogP contribution in [0.1, 0.15) is 15.9 Å². The molecule has 0 heterocycles. The van der Waals surface area contributed by atoms with Crippen molar-refractivity contribution in [3.8, 4) is 0 Å². The first kappa shape index (κ1) is 16.5. The van der Waals surface area contributed by atoms with Crippen molar-refractivity contribution >= 4 is 50.1 Å². The van der Waals surface area contributed by atoms with E-state index < -0.39 is 0 Å². The highest BCUT2D eigenvalue weighted by atomic mass is 127. The molecular weight excluding hydrogens is 443 g/mol. The average molecular weight is 459 g/mol. The van der Waals surface area contributed by atoms with Crippen molar-refractivity contribution in [2.45, 2.75) is 6.54 Å². The molecule has 110 valence electrons. The van der Waals surface area contributed by atoms with Crippen LogP contribution in [0.15, 0.2) is 46.9 Å². The van der Waals surface area contributed by atoms with Crippen molar-refractivity contribution < 1.29 is 4.79 Å². The van der Waals surface area contributed by atoms with Gasteiger partial charge in [-0.25, -0.2) is 0 Å². The molecule has 0 aliphatic rings. The van der Waals surface area contributed by atoms with Crippen molar-refractivity contribution in [3.63, 3.8) is 0 Å². The number of nitrogens with one attached hydrogen (secondary N) is 1. The standard InChI is InChI=1S/C16H16BrIN2O/c1-20(2)10-11-3-6-13(7-4-11)19-16(21)14-9-12(18)5-8-15(14)17/h3-9H,10H2,1-2H3,(H,19,21). The van der Waals surface area contributed by atoms with Crippen LogP contribution in [-0.2, 0) is 6.54 Å². The number of nitrogens with zero attached hydrogens (tertiary/aromatic N) is 1. The van der Waals surface area contributed by atoms with Gasteiger partial charge in [-0.1, -0.05) is 12.1 Å². The number of amides is 1. The summed E-state index contributed by atoms with van der Waals surface area (Å²) in [5.74, 6) is -0.110. The number of hydrogen-bond donors (Lipinski definition) is 1. The lowest BCUT2D eigenvalue weighted by Crippen LogP contribution is -2.13. The molecule has 0 radical (unpaired) electrons. The monoisotopic (exact) mass is 458 g/mol. The van der Waals surface area contributed by atoms with Gasteiger partial charge in [-0.15, -0.1) is 0 Å². The minimum absolute atomic E-state index is 0.110. The van der Waals surface area contributed by atoms with Gasteiger partial charge in [0.1, 0.15) is 0 Å². The van der Waals surface area contributed by atoms with Gasteiger partial charge >= 0.3 is 0 Å². The van der Waals surface area contributed by atoms with E-state index in [0.717, 1.165) is 20.3 Å². The molecule has 1 amide bonds. The summed E-state index contributed by atoms with van der Waals surface area (Å²) in [6.07, 6.45) is 0. The SMILES string of the molecule is CN(C)Cc1ccc(NC(=O)c2cc(I)ccc2Br)cc1. The van der Waals surface area contributed by atoms with Crippen LogP contribution in [0.4, 0.5) is 5.69 Å². The number of carbonyl (C=O) groups excluding carboxylic acids is 1. The second-order valence-electron chi connectivity index (χ2n) is 5.01. The van der Waals surface area contributed by atoms with Crippen LogP contribution in [0, 0.1) is 3.57 Å². The van der Waals surface area contributed by atoms with Gasteiger partial charge in [0, 0.05) is 20.3 Å². The Balaban J connectivity index is 2.10. The molecule has 2 rings (SSSR count). The van der Waals surface area contributed by atoms with Crippen LogP contribution in [0.2, 0.25) is 0 Å². The fraction of sp³-hybridized carbons (Fsp3) is 0.188. The largest absolute Gasteiger partial charge is 0.322 e. The molecule has 0 spiro atoms. The highest BCUT2D eigenvalue weighted by Crippen LogP contribution is 2.21. The van der Waals surface area contributed by atoms with Gasteiger partial charge in [0.15, 0.2) is 0 Å². The zero-order chi connectivity index (χ0) is 15.4. The van der Waals surface area contributed by atoms with E-state index in [2.05, 4.69) is 48.7 Å². The van der Waals surface area contributed by atoms with E-state index in [0.29, 0.717) is 5.56 Å². The van der Waals surface area contributed by atoms with Gasteiger partial charge in [0.05, 0.1) is 5.56 Å². The molecule has 0 aliphatic carbocycles. The van der Waals surface area contributed by atoms with Crippen LogP contribution in [-0.4, -0.2) is 24.9 Å². The molecule has 21 heavy (non-hydrogen) atoms. The lowest BCUT2D eigenvalue weighted by atomic mass is 10.1. The third kappa shape index (κ3) is 4.79. The number of carbonyl (C=O) groups is 1. The molecule has 0 unspecified atom stereocenters. The Bertz CT molecular complexity index is 641. The Hall–Kier alpha value is -0.920. The van der Waals surface area contributed by atoms with Gasteiger partial charge in [0.2, 0.25) is 0 Å². The molecule has 0 aromatic heterocycles. The van der Waals surface area contributed by atoms with E-state index in [4.69, 9.17) is 0 Å². The summed E-state index contributed by atoms with van der Waals surface area (Å²) in [5, 5.41) is 2.92. The summed E-state index contributed by atoms with van der Waals surface area (Å²) in [6.45, 7) is 0.886. The summed E-state index contributed by atoms with van der Waals surface area (Å²) in [6, 6.07) is 13.6. The highest BCUT2D eigenvalue weighted by Gasteiger charge is 2.10. The van der Waals surface area contributed by atoms with Crippen molar-refractivity contribution in [1.29, 1.82) is 0 Å². The Morgan fingerprint density at radius 2 is 1.86 bits per heavy atom. The number of hydrogen-bond acceptors (Lipinski definition) is 2. The molecule has 1 N–H and O–H groups in total. The molecule has 0 atom stereocenters. The molecular formula is C16H16BrIN2O. The smallest absolute Gasteiger partial charge is 0.256 e. The predicted molar refractivity (Wildman–Crippen MR) is 98.6 cm³/mol. The third-order valence-corrected chi connectivity index (χ3v) is 4.25. The van der Waals surface area contributed by atoms with Crippen LogP contribution in [0.5, 0.6) is 0 Å². The number of anilines is 1. The molecule has 0 saturated heterocycles. The van der Waals surface area contributed by atoms with Crippen LogP contribution in [0.3, 0.4) is 0 Å². The molecule has 2 aromatic carbocycles. The first-order valence-electron chi connectivity index (χ1n) is 6.46. The molecule has 0 fully saturated rings. The third-order valence-electron chi connectivity index (χ3n) is 2.88. The highest BCUT2D eigenvalue weighted by molar-refractivity contribution is 14.1. The quantitative estimate of drug-likeness (QED) is 0.690. The number of rotatable bonds is 4. The average Bonchev–Trinajstić information content (AvgIpc) is 2.43. The summed E-state index contributed by atoms with van der Waals surface area (Å²) in [7, 11) is 4.06. The van der Waals surface area contributed by atoms with Crippen molar-refractivity contribution in [2.75, 3.05) is 19.4 Å². The lowest BCUT2D eigenvalue weighted by Gasteiger charge is -2.11. The van der Waals surface area contributed by atoms with Crippen LogP contribution >= 0.6 is 38.5 Å². The predicted octanol–water partition coefficient (Wildman–Crippen LogP) is 4.37.